The first-order chi connectivity index (χ1) is 11.9. The molecule has 2 aromatic rings. The smallest absolute Gasteiger partial charge is 0.187 e. The minimum atomic E-state index is -2.94. The van der Waals surface area contributed by atoms with Crippen molar-refractivity contribution in [2.45, 2.75) is 12.5 Å². The molecule has 1 saturated heterocycles. The van der Waals surface area contributed by atoms with Gasteiger partial charge in [0.1, 0.15) is 11.5 Å². The molecule has 1 fully saturated rings. The lowest BCUT2D eigenvalue weighted by molar-refractivity contribution is 0.574. The summed E-state index contributed by atoms with van der Waals surface area (Å²) >= 11 is 8.51. The van der Waals surface area contributed by atoms with Crippen LogP contribution in [0.5, 0.6) is 0 Å². The van der Waals surface area contributed by atoms with Crippen molar-refractivity contribution in [1.82, 2.24) is 10.7 Å². The van der Waals surface area contributed by atoms with E-state index in [1.54, 1.807) is 0 Å². The van der Waals surface area contributed by atoms with E-state index in [-0.39, 0.29) is 22.7 Å². The summed E-state index contributed by atoms with van der Waals surface area (Å²) in [6, 6.07) is 11.3. The Morgan fingerprint density at radius 1 is 1.28 bits per heavy atom. The van der Waals surface area contributed by atoms with E-state index < -0.39 is 9.84 Å². The highest BCUT2D eigenvalue weighted by Crippen LogP contribution is 2.23. The van der Waals surface area contributed by atoms with Gasteiger partial charge in [-0.05, 0) is 42.9 Å². The van der Waals surface area contributed by atoms with Crippen LogP contribution in [0.4, 0.5) is 0 Å². The zero-order chi connectivity index (χ0) is 17.9. The monoisotopic (exact) mass is 441 g/mol. The standard InChI is InChI=1S/C16H16BrN3O3S2/c17-12-3-1-11(2-4-12)15-6-5-14(23-15)9-18-20-16(24)19-13-7-8-25(21,22)10-13/h1-6,9,13H,7-8,10H2,(H2,19,20,24). The third-order valence-corrected chi connectivity index (χ3v) is 6.19. The molecule has 9 heteroatoms. The molecule has 0 bridgehead atoms. The number of nitrogens with one attached hydrogen (secondary N) is 2. The number of hydrogen-bond donors (Lipinski definition) is 2. The minimum absolute atomic E-state index is 0.104. The van der Waals surface area contributed by atoms with Crippen molar-refractivity contribution in [3.63, 3.8) is 0 Å². The van der Waals surface area contributed by atoms with Crippen LogP contribution < -0.4 is 10.7 Å². The van der Waals surface area contributed by atoms with Gasteiger partial charge in [-0.25, -0.2) is 8.42 Å². The Balaban J connectivity index is 1.52. The van der Waals surface area contributed by atoms with E-state index in [0.29, 0.717) is 12.2 Å². The van der Waals surface area contributed by atoms with Crippen molar-refractivity contribution < 1.29 is 12.8 Å². The van der Waals surface area contributed by atoms with Crippen molar-refractivity contribution in [2.75, 3.05) is 11.5 Å². The van der Waals surface area contributed by atoms with Crippen LogP contribution in [-0.2, 0) is 9.84 Å². The van der Waals surface area contributed by atoms with E-state index in [9.17, 15) is 8.42 Å². The maximum Gasteiger partial charge on any atom is 0.187 e. The Morgan fingerprint density at radius 3 is 2.72 bits per heavy atom. The molecule has 0 radical (unpaired) electrons. The molecule has 1 aliphatic heterocycles. The van der Waals surface area contributed by atoms with Crippen LogP contribution in [0, 0.1) is 0 Å². The molecule has 0 saturated carbocycles. The Labute approximate surface area is 159 Å². The largest absolute Gasteiger partial charge is 0.455 e. The lowest BCUT2D eigenvalue weighted by Gasteiger charge is -2.11. The van der Waals surface area contributed by atoms with Crippen LogP contribution in [-0.4, -0.2) is 37.3 Å². The molecule has 3 rings (SSSR count). The first-order valence-corrected chi connectivity index (χ1v) is 10.6. The van der Waals surface area contributed by atoms with Gasteiger partial charge in [0.05, 0.1) is 17.7 Å². The van der Waals surface area contributed by atoms with Gasteiger partial charge < -0.3 is 9.73 Å². The van der Waals surface area contributed by atoms with E-state index in [1.807, 2.05) is 36.4 Å². The van der Waals surface area contributed by atoms with E-state index in [2.05, 4.69) is 31.8 Å². The Kier molecular flexibility index (Phi) is 5.55. The van der Waals surface area contributed by atoms with Gasteiger partial charge >= 0.3 is 0 Å². The summed E-state index contributed by atoms with van der Waals surface area (Å²) < 4.78 is 29.5. The van der Waals surface area contributed by atoms with Gasteiger partial charge in [-0.1, -0.05) is 28.1 Å². The van der Waals surface area contributed by atoms with Crippen LogP contribution in [0.25, 0.3) is 11.3 Å². The molecule has 0 amide bonds. The summed E-state index contributed by atoms with van der Waals surface area (Å²) in [5.41, 5.74) is 3.64. The van der Waals surface area contributed by atoms with Crippen LogP contribution >= 0.6 is 28.1 Å². The Morgan fingerprint density at radius 2 is 2.04 bits per heavy atom. The molecule has 0 aliphatic carbocycles. The highest BCUT2D eigenvalue weighted by Gasteiger charge is 2.28. The molecule has 25 heavy (non-hydrogen) atoms. The van der Waals surface area contributed by atoms with Gasteiger partial charge in [-0.15, -0.1) is 0 Å². The van der Waals surface area contributed by atoms with Crippen LogP contribution in [0.15, 0.2) is 50.4 Å². The first-order valence-electron chi connectivity index (χ1n) is 7.57. The number of nitrogens with zero attached hydrogens (tertiary/aromatic N) is 1. The van der Waals surface area contributed by atoms with Gasteiger partial charge in [0.25, 0.3) is 0 Å². The predicted octanol–water partition coefficient (Wildman–Crippen LogP) is 2.69. The van der Waals surface area contributed by atoms with Gasteiger partial charge in [0.2, 0.25) is 0 Å². The van der Waals surface area contributed by atoms with E-state index >= 15 is 0 Å². The number of hydrogen-bond acceptors (Lipinski definition) is 5. The maximum atomic E-state index is 11.4. The van der Waals surface area contributed by atoms with Gasteiger partial charge in [0, 0.05) is 16.1 Å². The SMILES string of the molecule is O=S1(=O)CCC(NC(=S)NN=Cc2ccc(-c3ccc(Br)cc3)o2)C1. The highest BCUT2D eigenvalue weighted by atomic mass is 79.9. The normalized spacial score (nSPS) is 19.2. The fourth-order valence-electron chi connectivity index (χ4n) is 2.47. The molecule has 6 nitrogen and oxygen atoms in total. The first kappa shape index (κ1) is 18.1. The van der Waals surface area contributed by atoms with E-state index in [4.69, 9.17) is 16.6 Å². The quantitative estimate of drug-likeness (QED) is 0.431. The van der Waals surface area contributed by atoms with Crippen molar-refractivity contribution in [3.8, 4) is 11.3 Å². The fraction of sp³-hybridized carbons (Fsp3) is 0.250. The molecular formula is C16H16BrN3O3S2. The molecule has 2 N–H and O–H groups in total. The van der Waals surface area contributed by atoms with Gasteiger partial charge in [-0.2, -0.15) is 5.10 Å². The second-order valence-electron chi connectivity index (χ2n) is 5.65. The molecule has 1 aromatic carbocycles. The number of thiocarbonyl (C=S) groups is 1. The molecule has 132 valence electrons. The summed E-state index contributed by atoms with van der Waals surface area (Å²) in [6.45, 7) is 0. The van der Waals surface area contributed by atoms with E-state index in [0.717, 1.165) is 15.8 Å². The summed E-state index contributed by atoms with van der Waals surface area (Å²) in [5.74, 6) is 1.62. The van der Waals surface area contributed by atoms with Crippen LogP contribution in [0.1, 0.15) is 12.2 Å². The van der Waals surface area contributed by atoms with E-state index in [1.165, 1.54) is 6.21 Å². The third kappa shape index (κ3) is 5.13. The maximum absolute atomic E-state index is 11.4. The zero-order valence-corrected chi connectivity index (χ0v) is 16.3. The Hall–Kier alpha value is -1.71. The predicted molar refractivity (Wildman–Crippen MR) is 105 cm³/mol. The molecule has 1 unspecified atom stereocenters. The summed E-state index contributed by atoms with van der Waals surface area (Å²) in [5, 5.41) is 7.25. The average molecular weight is 442 g/mol. The molecule has 1 aromatic heterocycles. The molecule has 1 atom stereocenters. The molecule has 0 spiro atoms. The van der Waals surface area contributed by atoms with Crippen molar-refractivity contribution >= 4 is 49.3 Å². The second kappa shape index (κ2) is 7.67. The number of sulfone groups is 1. The molecular weight excluding hydrogens is 426 g/mol. The van der Waals surface area contributed by atoms with Crippen LogP contribution in [0.3, 0.4) is 0 Å². The Bertz CT molecular complexity index is 892. The topological polar surface area (TPSA) is 83.7 Å². The lowest BCUT2D eigenvalue weighted by atomic mass is 10.2. The molecule has 1 aliphatic rings. The highest BCUT2D eigenvalue weighted by molar-refractivity contribution is 9.10. The number of furan rings is 1. The fourth-order valence-corrected chi connectivity index (χ4v) is 4.63. The number of halogens is 1. The number of rotatable bonds is 4. The second-order valence-corrected chi connectivity index (χ2v) is 9.20. The summed E-state index contributed by atoms with van der Waals surface area (Å²) in [4.78, 5) is 0. The average Bonchev–Trinajstić information content (AvgIpc) is 3.15. The lowest BCUT2D eigenvalue weighted by Crippen LogP contribution is -2.40. The third-order valence-electron chi connectivity index (χ3n) is 3.68. The summed E-state index contributed by atoms with van der Waals surface area (Å²) in [7, 11) is -2.94. The molecule has 2 heterocycles. The summed E-state index contributed by atoms with van der Waals surface area (Å²) in [6.07, 6.45) is 2.07. The minimum Gasteiger partial charge on any atom is -0.455 e. The van der Waals surface area contributed by atoms with Crippen LogP contribution in [0.2, 0.25) is 0 Å². The zero-order valence-electron chi connectivity index (χ0n) is 13.1. The van der Waals surface area contributed by atoms with Crippen molar-refractivity contribution in [2.24, 2.45) is 5.10 Å². The van der Waals surface area contributed by atoms with Gasteiger partial charge in [-0.3, -0.25) is 5.43 Å². The van der Waals surface area contributed by atoms with Gasteiger partial charge in [0.15, 0.2) is 14.9 Å². The number of benzene rings is 1. The van der Waals surface area contributed by atoms with Crippen molar-refractivity contribution in [3.05, 3.63) is 46.6 Å². The van der Waals surface area contributed by atoms with Crippen molar-refractivity contribution in [1.29, 1.82) is 0 Å². The number of hydrazone groups is 1.